The molecule has 36 heavy (non-hydrogen) atoms. The highest BCUT2D eigenvalue weighted by atomic mass is 19.5. The summed E-state index contributed by atoms with van der Waals surface area (Å²) < 4.78 is 67.4. The molecule has 1 N–H and O–H groups in total. The van der Waals surface area contributed by atoms with E-state index >= 15 is 0 Å². The highest BCUT2D eigenvalue weighted by molar-refractivity contribution is 6.50. The van der Waals surface area contributed by atoms with Gasteiger partial charge >= 0.3 is 7.25 Å². The van der Waals surface area contributed by atoms with Crippen LogP contribution in [0.2, 0.25) is 0 Å². The Balaban J connectivity index is 0.000000556. The summed E-state index contributed by atoms with van der Waals surface area (Å²) in [6.07, 6.45) is 0. The van der Waals surface area contributed by atoms with E-state index in [-0.39, 0.29) is 0 Å². The van der Waals surface area contributed by atoms with Crippen LogP contribution in [0.5, 0.6) is 23.0 Å². The Morgan fingerprint density at radius 2 is 1.47 bits per heavy atom. The Kier molecular flexibility index (Phi) is 7.37. The van der Waals surface area contributed by atoms with Gasteiger partial charge in [-0.05, 0) is 36.4 Å². The van der Waals surface area contributed by atoms with Gasteiger partial charge in [0.2, 0.25) is 11.0 Å². The molecular weight excluding hydrogens is 481 g/mol. The second-order valence-electron chi connectivity index (χ2n) is 7.57. The molecule has 11 heteroatoms. The minimum Gasteiger partial charge on any atom is -0.493 e. The highest BCUT2D eigenvalue weighted by Gasteiger charge is 2.20. The van der Waals surface area contributed by atoms with Gasteiger partial charge in [-0.2, -0.15) is 0 Å². The molecule has 0 bridgehead atoms. The SMILES string of the molecule is COc1ccc(-c2cc(=[NH+]c3ccc4c(c3)OCCO4)c3ccccc3o2)cc1OC.F[B-](F)(F)F. The van der Waals surface area contributed by atoms with Crippen molar-refractivity contribution >= 4 is 23.9 Å². The van der Waals surface area contributed by atoms with Gasteiger partial charge in [-0.25, -0.2) is 4.99 Å². The molecule has 1 aliphatic rings. The molecule has 0 atom stereocenters. The maximum Gasteiger partial charge on any atom is 0.673 e. The van der Waals surface area contributed by atoms with E-state index in [1.165, 1.54) is 0 Å². The molecular formula is C25H22BF4NO5. The number of rotatable bonds is 4. The Hall–Kier alpha value is -4.15. The highest BCUT2D eigenvalue weighted by Crippen LogP contribution is 2.33. The zero-order chi connectivity index (χ0) is 25.7. The van der Waals surface area contributed by atoms with Crippen LogP contribution in [0.4, 0.5) is 23.0 Å². The first kappa shape index (κ1) is 25.0. The Labute approximate surface area is 203 Å². The van der Waals surface area contributed by atoms with E-state index in [1.54, 1.807) is 14.2 Å². The van der Waals surface area contributed by atoms with Gasteiger partial charge in [-0.3, -0.25) is 0 Å². The van der Waals surface area contributed by atoms with Gasteiger partial charge in [-0.1, -0.05) is 12.1 Å². The molecule has 0 fully saturated rings. The Morgan fingerprint density at radius 1 is 0.778 bits per heavy atom. The lowest BCUT2D eigenvalue weighted by Crippen LogP contribution is -2.70. The third-order valence-electron chi connectivity index (χ3n) is 5.16. The summed E-state index contributed by atoms with van der Waals surface area (Å²) in [5, 5.41) is 1.89. The molecule has 5 rings (SSSR count). The molecule has 3 aromatic carbocycles. The third-order valence-corrected chi connectivity index (χ3v) is 5.16. The number of nitrogens with one attached hydrogen (secondary N) is 1. The fraction of sp³-hybridized carbons (Fsp3) is 0.160. The monoisotopic (exact) mass is 503 g/mol. The van der Waals surface area contributed by atoms with Crippen molar-refractivity contribution in [3.8, 4) is 34.3 Å². The third kappa shape index (κ3) is 6.10. The lowest BCUT2D eigenvalue weighted by Gasteiger charge is -2.17. The average molecular weight is 503 g/mol. The number of methoxy groups -OCH3 is 2. The topological polar surface area (TPSA) is 64.0 Å². The van der Waals surface area contributed by atoms with Gasteiger partial charge < -0.3 is 40.6 Å². The predicted octanol–water partition coefficient (Wildman–Crippen LogP) is 4.50. The van der Waals surface area contributed by atoms with Crippen LogP contribution in [-0.2, 0) is 0 Å². The van der Waals surface area contributed by atoms with E-state index < -0.39 is 7.25 Å². The summed E-state index contributed by atoms with van der Waals surface area (Å²) in [5.41, 5.74) is 2.56. The van der Waals surface area contributed by atoms with E-state index in [4.69, 9.17) is 23.4 Å². The number of para-hydroxylation sites is 1. The van der Waals surface area contributed by atoms with Gasteiger partial charge in [0.05, 0.1) is 31.7 Å². The number of ether oxygens (including phenoxy) is 4. The number of fused-ring (bicyclic) bond motifs is 2. The fourth-order valence-corrected chi connectivity index (χ4v) is 3.65. The van der Waals surface area contributed by atoms with Crippen LogP contribution in [0.1, 0.15) is 0 Å². The standard InChI is InChI=1S/C25H21NO5.BF4/c1-27-21-9-7-16(13-24(21)28-2)23-15-19(18-5-3-4-6-20(18)31-23)26-17-8-10-22-25(14-17)30-12-11-29-22;2-1(3,4)5/h3-10,13-15H,11-12H2,1-2H3;/q;-1/p+1. The molecule has 2 heterocycles. The minimum atomic E-state index is -6.00. The summed E-state index contributed by atoms with van der Waals surface area (Å²) >= 11 is 0. The summed E-state index contributed by atoms with van der Waals surface area (Å²) in [4.78, 5) is 3.51. The molecule has 1 aromatic heterocycles. The molecule has 0 amide bonds. The van der Waals surface area contributed by atoms with Crippen LogP contribution >= 0.6 is 0 Å². The molecule has 0 spiro atoms. The Morgan fingerprint density at radius 3 is 2.19 bits per heavy atom. The van der Waals surface area contributed by atoms with Crippen LogP contribution < -0.4 is 29.3 Å². The average Bonchev–Trinajstić information content (AvgIpc) is 2.87. The maximum atomic E-state index is 9.75. The van der Waals surface area contributed by atoms with Crippen molar-refractivity contribution in [3.63, 3.8) is 0 Å². The van der Waals surface area contributed by atoms with Crippen molar-refractivity contribution in [3.05, 3.63) is 72.1 Å². The summed E-state index contributed by atoms with van der Waals surface area (Å²) in [7, 11) is -2.76. The first-order chi connectivity index (χ1) is 17.2. The first-order valence-corrected chi connectivity index (χ1v) is 10.9. The molecule has 0 saturated carbocycles. The van der Waals surface area contributed by atoms with Crippen molar-refractivity contribution < 1.29 is 45.6 Å². The summed E-state index contributed by atoms with van der Waals surface area (Å²) in [6, 6.07) is 21.5. The molecule has 1 aliphatic heterocycles. The normalized spacial score (nSPS) is 13.1. The van der Waals surface area contributed by atoms with Crippen LogP contribution in [0.25, 0.3) is 22.3 Å². The van der Waals surface area contributed by atoms with Gasteiger partial charge in [0.25, 0.3) is 0 Å². The van der Waals surface area contributed by atoms with Crippen molar-refractivity contribution in [1.29, 1.82) is 0 Å². The van der Waals surface area contributed by atoms with Gasteiger partial charge in [-0.15, -0.1) is 0 Å². The quantitative estimate of drug-likeness (QED) is 0.328. The number of hydrogen-bond acceptors (Lipinski definition) is 5. The second kappa shape index (κ2) is 10.6. The molecule has 0 saturated heterocycles. The minimum absolute atomic E-state index is 0.549. The van der Waals surface area contributed by atoms with E-state index in [2.05, 4.69) is 4.99 Å². The zero-order valence-corrected chi connectivity index (χ0v) is 19.4. The molecule has 0 unspecified atom stereocenters. The van der Waals surface area contributed by atoms with Crippen LogP contribution in [0.3, 0.4) is 0 Å². The van der Waals surface area contributed by atoms with Crippen LogP contribution in [0.15, 0.2) is 71.1 Å². The van der Waals surface area contributed by atoms with Gasteiger partial charge in [0.15, 0.2) is 23.0 Å². The van der Waals surface area contributed by atoms with Crippen molar-refractivity contribution in [1.82, 2.24) is 0 Å². The smallest absolute Gasteiger partial charge is 0.493 e. The molecule has 0 radical (unpaired) electrons. The van der Waals surface area contributed by atoms with Crippen LogP contribution in [-0.4, -0.2) is 34.7 Å². The largest absolute Gasteiger partial charge is 0.673 e. The van der Waals surface area contributed by atoms with E-state index in [0.717, 1.165) is 39.1 Å². The number of halogens is 4. The van der Waals surface area contributed by atoms with E-state index in [9.17, 15) is 17.3 Å². The van der Waals surface area contributed by atoms with Crippen LogP contribution in [0, 0.1) is 0 Å². The van der Waals surface area contributed by atoms with Crippen molar-refractivity contribution in [2.75, 3.05) is 27.4 Å². The molecule has 0 aliphatic carbocycles. The lowest BCUT2D eigenvalue weighted by atomic mass is 10.1. The predicted molar refractivity (Wildman–Crippen MR) is 126 cm³/mol. The molecule has 6 nitrogen and oxygen atoms in total. The number of hydrogen-bond donors (Lipinski definition) is 1. The van der Waals surface area contributed by atoms with E-state index in [0.29, 0.717) is 30.5 Å². The van der Waals surface area contributed by atoms with Gasteiger partial charge in [0.1, 0.15) is 24.6 Å². The van der Waals surface area contributed by atoms with E-state index in [1.807, 2.05) is 66.7 Å². The maximum absolute atomic E-state index is 9.75. The fourth-order valence-electron chi connectivity index (χ4n) is 3.65. The Bertz CT molecular complexity index is 1430. The zero-order valence-electron chi connectivity index (χ0n) is 19.4. The first-order valence-electron chi connectivity index (χ1n) is 10.9. The molecule has 4 aromatic rings. The summed E-state index contributed by atoms with van der Waals surface area (Å²) in [5.74, 6) is 3.52. The second-order valence-corrected chi connectivity index (χ2v) is 7.57. The van der Waals surface area contributed by atoms with Crippen molar-refractivity contribution in [2.45, 2.75) is 0 Å². The van der Waals surface area contributed by atoms with Crippen molar-refractivity contribution in [2.24, 2.45) is 0 Å². The molecule has 188 valence electrons. The van der Waals surface area contributed by atoms with Gasteiger partial charge in [0, 0.05) is 11.6 Å². The number of benzene rings is 3. The summed E-state index contributed by atoms with van der Waals surface area (Å²) in [6.45, 7) is 1.12. The lowest BCUT2D eigenvalue weighted by molar-refractivity contribution is -0.401.